The highest BCUT2D eigenvalue weighted by Gasteiger charge is 2.32. The SMILES string of the molecule is O=C(c1cc(N2CCNC2=O)ccc1Cl)N1CCC2CCC(C1)N2. The summed E-state index contributed by atoms with van der Waals surface area (Å²) in [5.74, 6) is -0.0456. The van der Waals surface area contributed by atoms with Crippen molar-refractivity contribution in [3.63, 3.8) is 0 Å². The van der Waals surface area contributed by atoms with Crippen molar-refractivity contribution in [1.82, 2.24) is 15.5 Å². The van der Waals surface area contributed by atoms with Gasteiger partial charge >= 0.3 is 6.03 Å². The van der Waals surface area contributed by atoms with Crippen molar-refractivity contribution >= 4 is 29.2 Å². The van der Waals surface area contributed by atoms with Crippen LogP contribution in [0.5, 0.6) is 0 Å². The Morgan fingerprint density at radius 2 is 2.00 bits per heavy atom. The van der Waals surface area contributed by atoms with Gasteiger partial charge in [-0.1, -0.05) is 11.6 Å². The molecule has 0 spiro atoms. The molecule has 3 fully saturated rings. The number of urea groups is 1. The van der Waals surface area contributed by atoms with Gasteiger partial charge in [0.1, 0.15) is 0 Å². The smallest absolute Gasteiger partial charge is 0.321 e. The molecule has 2 N–H and O–H groups in total. The molecule has 1 aromatic rings. The normalized spacial score (nSPS) is 26.5. The van der Waals surface area contributed by atoms with Gasteiger partial charge in [0.2, 0.25) is 0 Å². The monoisotopic (exact) mass is 348 g/mol. The molecule has 3 saturated heterocycles. The Bertz CT molecular complexity index is 681. The molecule has 6 nitrogen and oxygen atoms in total. The predicted octanol–water partition coefficient (Wildman–Crippen LogP) is 1.84. The first kappa shape index (κ1) is 15.7. The molecular weight excluding hydrogens is 328 g/mol. The molecule has 2 atom stereocenters. The number of benzene rings is 1. The quantitative estimate of drug-likeness (QED) is 0.857. The Morgan fingerprint density at radius 1 is 1.17 bits per heavy atom. The van der Waals surface area contributed by atoms with Gasteiger partial charge in [0.05, 0.1) is 10.6 Å². The molecule has 128 valence electrons. The van der Waals surface area contributed by atoms with Crippen LogP contribution in [-0.2, 0) is 0 Å². The van der Waals surface area contributed by atoms with Gasteiger partial charge in [0.25, 0.3) is 5.91 Å². The molecular formula is C17H21ClN4O2. The fourth-order valence-electron chi connectivity index (χ4n) is 3.86. The van der Waals surface area contributed by atoms with E-state index in [1.807, 2.05) is 4.90 Å². The lowest BCUT2D eigenvalue weighted by atomic mass is 10.1. The number of likely N-dealkylation sites (tertiary alicyclic amines) is 1. The molecule has 0 radical (unpaired) electrons. The summed E-state index contributed by atoms with van der Waals surface area (Å²) in [6, 6.07) is 6.02. The molecule has 1 aromatic carbocycles. The fraction of sp³-hybridized carbons (Fsp3) is 0.529. The molecule has 3 aliphatic rings. The number of nitrogens with zero attached hydrogens (tertiary/aromatic N) is 2. The van der Waals surface area contributed by atoms with Gasteiger partial charge < -0.3 is 15.5 Å². The maximum Gasteiger partial charge on any atom is 0.321 e. The largest absolute Gasteiger partial charge is 0.337 e. The van der Waals surface area contributed by atoms with Crippen LogP contribution >= 0.6 is 11.6 Å². The number of halogens is 1. The van der Waals surface area contributed by atoms with E-state index in [4.69, 9.17) is 11.6 Å². The Hall–Kier alpha value is -1.79. The number of anilines is 1. The van der Waals surface area contributed by atoms with Crippen molar-refractivity contribution in [2.24, 2.45) is 0 Å². The highest BCUT2D eigenvalue weighted by Crippen LogP contribution is 2.27. The number of fused-ring (bicyclic) bond motifs is 2. The second kappa shape index (κ2) is 6.26. The maximum absolute atomic E-state index is 13.0. The fourth-order valence-corrected chi connectivity index (χ4v) is 4.06. The van der Waals surface area contributed by atoms with Gasteiger partial charge in [-0.2, -0.15) is 0 Å². The van der Waals surface area contributed by atoms with Crippen molar-refractivity contribution in [1.29, 1.82) is 0 Å². The topological polar surface area (TPSA) is 64.7 Å². The number of hydrogen-bond donors (Lipinski definition) is 2. The van der Waals surface area contributed by atoms with Crippen LogP contribution in [-0.4, -0.2) is 55.1 Å². The van der Waals surface area contributed by atoms with E-state index in [0.717, 1.165) is 25.9 Å². The maximum atomic E-state index is 13.0. The summed E-state index contributed by atoms with van der Waals surface area (Å²) in [6.07, 6.45) is 3.30. The van der Waals surface area contributed by atoms with E-state index >= 15 is 0 Å². The zero-order valence-electron chi connectivity index (χ0n) is 13.4. The third kappa shape index (κ3) is 2.84. The second-order valence-corrected chi connectivity index (χ2v) is 7.13. The Morgan fingerprint density at radius 3 is 2.79 bits per heavy atom. The van der Waals surface area contributed by atoms with E-state index in [1.54, 1.807) is 23.1 Å². The van der Waals surface area contributed by atoms with E-state index in [2.05, 4.69) is 10.6 Å². The number of nitrogens with one attached hydrogen (secondary N) is 2. The molecule has 2 bridgehead atoms. The van der Waals surface area contributed by atoms with Crippen LogP contribution in [0.1, 0.15) is 29.6 Å². The molecule has 24 heavy (non-hydrogen) atoms. The van der Waals surface area contributed by atoms with E-state index in [-0.39, 0.29) is 11.9 Å². The Kier molecular flexibility index (Phi) is 4.10. The number of rotatable bonds is 2. The van der Waals surface area contributed by atoms with Crippen LogP contribution in [0.25, 0.3) is 0 Å². The molecule has 3 heterocycles. The van der Waals surface area contributed by atoms with Crippen molar-refractivity contribution in [2.75, 3.05) is 31.1 Å². The van der Waals surface area contributed by atoms with Gasteiger partial charge in [-0.15, -0.1) is 0 Å². The number of amides is 3. The molecule has 0 saturated carbocycles. The Balaban J connectivity index is 1.58. The minimum Gasteiger partial charge on any atom is -0.337 e. The first-order valence-corrected chi connectivity index (χ1v) is 8.90. The average Bonchev–Trinajstić information content (AvgIpc) is 3.13. The minimum absolute atomic E-state index is 0.0456. The van der Waals surface area contributed by atoms with Gasteiger partial charge in [0.15, 0.2) is 0 Å². The summed E-state index contributed by atoms with van der Waals surface area (Å²) in [5, 5.41) is 6.79. The van der Waals surface area contributed by atoms with Crippen LogP contribution in [0.15, 0.2) is 18.2 Å². The Labute approximate surface area is 146 Å². The summed E-state index contributed by atoms with van der Waals surface area (Å²) in [6.45, 7) is 2.69. The number of carbonyl (C=O) groups excluding carboxylic acids is 2. The van der Waals surface area contributed by atoms with Crippen LogP contribution in [0.2, 0.25) is 5.02 Å². The van der Waals surface area contributed by atoms with Crippen molar-refractivity contribution < 1.29 is 9.59 Å². The molecule has 4 rings (SSSR count). The predicted molar refractivity (Wildman–Crippen MR) is 92.7 cm³/mol. The first-order valence-electron chi connectivity index (χ1n) is 8.52. The molecule has 7 heteroatoms. The van der Waals surface area contributed by atoms with Gasteiger partial charge in [-0.3, -0.25) is 9.69 Å². The highest BCUT2D eigenvalue weighted by atomic mass is 35.5. The lowest BCUT2D eigenvalue weighted by Gasteiger charge is -2.25. The average molecular weight is 349 g/mol. The van der Waals surface area contributed by atoms with Crippen LogP contribution in [0.4, 0.5) is 10.5 Å². The van der Waals surface area contributed by atoms with Crippen LogP contribution in [0, 0.1) is 0 Å². The first-order chi connectivity index (χ1) is 11.6. The van der Waals surface area contributed by atoms with Crippen molar-refractivity contribution in [3.8, 4) is 0 Å². The van der Waals surface area contributed by atoms with E-state index in [0.29, 0.717) is 41.4 Å². The van der Waals surface area contributed by atoms with Gasteiger partial charge in [-0.05, 0) is 37.5 Å². The summed E-state index contributed by atoms with van der Waals surface area (Å²) in [5.41, 5.74) is 1.19. The van der Waals surface area contributed by atoms with Crippen LogP contribution in [0.3, 0.4) is 0 Å². The van der Waals surface area contributed by atoms with Crippen molar-refractivity contribution in [2.45, 2.75) is 31.3 Å². The molecule has 0 aromatic heterocycles. The summed E-state index contributed by atoms with van der Waals surface area (Å²) in [7, 11) is 0. The van der Waals surface area contributed by atoms with E-state index in [1.165, 1.54) is 6.42 Å². The lowest BCUT2D eigenvalue weighted by Crippen LogP contribution is -2.39. The van der Waals surface area contributed by atoms with Crippen molar-refractivity contribution in [3.05, 3.63) is 28.8 Å². The van der Waals surface area contributed by atoms with E-state index in [9.17, 15) is 9.59 Å². The van der Waals surface area contributed by atoms with Gasteiger partial charge in [0, 0.05) is 44.0 Å². The standard InChI is InChI=1S/C17H21ClN4O2/c18-15-4-3-13(22-8-6-19-17(22)24)9-14(15)16(23)21-7-5-11-1-2-12(10-21)20-11/h3-4,9,11-12,20H,1-2,5-8,10H2,(H,19,24). The third-order valence-electron chi connectivity index (χ3n) is 5.16. The molecule has 2 unspecified atom stereocenters. The number of carbonyl (C=O) groups is 2. The zero-order valence-corrected chi connectivity index (χ0v) is 14.2. The summed E-state index contributed by atoms with van der Waals surface area (Å²) in [4.78, 5) is 28.4. The third-order valence-corrected chi connectivity index (χ3v) is 5.49. The number of hydrogen-bond acceptors (Lipinski definition) is 3. The molecule has 0 aliphatic carbocycles. The lowest BCUT2D eigenvalue weighted by molar-refractivity contribution is 0.0748. The van der Waals surface area contributed by atoms with Gasteiger partial charge in [-0.25, -0.2) is 4.79 Å². The van der Waals surface area contributed by atoms with Crippen LogP contribution < -0.4 is 15.5 Å². The highest BCUT2D eigenvalue weighted by molar-refractivity contribution is 6.34. The molecule has 3 amide bonds. The summed E-state index contributed by atoms with van der Waals surface area (Å²) < 4.78 is 0. The molecule has 3 aliphatic heterocycles. The van der Waals surface area contributed by atoms with E-state index < -0.39 is 0 Å². The summed E-state index contributed by atoms with van der Waals surface area (Å²) >= 11 is 6.29. The minimum atomic E-state index is -0.132. The second-order valence-electron chi connectivity index (χ2n) is 6.73. The zero-order chi connectivity index (χ0) is 16.7.